The molecule has 1 aromatic carbocycles. The van der Waals surface area contributed by atoms with Crippen molar-refractivity contribution in [2.75, 3.05) is 33.1 Å². The number of allylic oxidation sites excluding steroid dienone is 4. The van der Waals surface area contributed by atoms with E-state index < -0.39 is 5.91 Å². The first kappa shape index (κ1) is 31.9. The molecule has 0 atom stereocenters. The molecule has 4 N–H and O–H groups in total. The number of rotatable bonds is 8. The van der Waals surface area contributed by atoms with Crippen LogP contribution in [-0.4, -0.2) is 54.6 Å². The fourth-order valence-corrected chi connectivity index (χ4v) is 2.59. The van der Waals surface area contributed by atoms with E-state index in [1.54, 1.807) is 32.3 Å². The number of nitrogens with zero attached hydrogens (tertiary/aromatic N) is 2. The van der Waals surface area contributed by atoms with Crippen LogP contribution in [0.5, 0.6) is 5.75 Å². The summed E-state index contributed by atoms with van der Waals surface area (Å²) < 4.78 is 0. The largest absolute Gasteiger partial charge is 0.505 e. The number of anilines is 1. The Hall–Kier alpha value is -4.27. The molecule has 1 aromatic rings. The van der Waals surface area contributed by atoms with E-state index in [1.807, 2.05) is 19.9 Å². The molecule has 0 bridgehead atoms. The number of carbonyl (C=O) groups is 2. The van der Waals surface area contributed by atoms with Gasteiger partial charge in [-0.1, -0.05) is 45.2 Å². The SMILES string of the molecule is C#C.C=C/C=C(\C=C)CNC1=C(Nc2cc(C#N)cc(C(=O)N(C)C)c2O)C(=O)C1.CC.CO. The van der Waals surface area contributed by atoms with Crippen molar-refractivity contribution >= 4 is 17.4 Å². The van der Waals surface area contributed by atoms with Crippen LogP contribution >= 0.6 is 0 Å². The molecule has 0 aromatic heterocycles. The lowest BCUT2D eigenvalue weighted by atomic mass is 9.97. The number of carbonyl (C=O) groups excluding carboxylic acids is 2. The average Bonchev–Trinajstić information content (AvgIpc) is 2.87. The van der Waals surface area contributed by atoms with E-state index in [-0.39, 0.29) is 40.5 Å². The van der Waals surface area contributed by atoms with Gasteiger partial charge in [-0.3, -0.25) is 9.59 Å². The Labute approximate surface area is 202 Å². The maximum Gasteiger partial charge on any atom is 0.257 e. The van der Waals surface area contributed by atoms with Crippen molar-refractivity contribution in [3.63, 3.8) is 0 Å². The minimum absolute atomic E-state index is 0.0173. The Morgan fingerprint density at radius 3 is 2.29 bits per heavy atom. The molecule has 0 unspecified atom stereocenters. The zero-order chi connectivity index (χ0) is 26.8. The average molecular weight is 467 g/mol. The van der Waals surface area contributed by atoms with Gasteiger partial charge in [-0.25, -0.2) is 0 Å². The molecule has 8 nitrogen and oxygen atoms in total. The number of terminal acetylenes is 1. The van der Waals surface area contributed by atoms with Gasteiger partial charge in [0.2, 0.25) is 0 Å². The molecule has 182 valence electrons. The van der Waals surface area contributed by atoms with Crippen LogP contribution in [-0.2, 0) is 4.79 Å². The van der Waals surface area contributed by atoms with Gasteiger partial charge >= 0.3 is 0 Å². The van der Waals surface area contributed by atoms with Gasteiger partial charge in [-0.2, -0.15) is 5.26 Å². The van der Waals surface area contributed by atoms with Crippen LogP contribution in [0, 0.1) is 24.2 Å². The molecule has 1 amide bonds. The predicted octanol–water partition coefficient (Wildman–Crippen LogP) is 3.33. The predicted molar refractivity (Wildman–Crippen MR) is 137 cm³/mol. The first-order chi connectivity index (χ1) is 16.3. The zero-order valence-electron chi connectivity index (χ0n) is 20.5. The van der Waals surface area contributed by atoms with Crippen LogP contribution in [0.1, 0.15) is 36.2 Å². The molecular weight excluding hydrogens is 432 g/mol. The van der Waals surface area contributed by atoms with Gasteiger partial charge < -0.3 is 25.7 Å². The maximum atomic E-state index is 12.3. The molecule has 34 heavy (non-hydrogen) atoms. The van der Waals surface area contributed by atoms with Crippen molar-refractivity contribution < 1.29 is 19.8 Å². The lowest BCUT2D eigenvalue weighted by Gasteiger charge is -2.26. The lowest BCUT2D eigenvalue weighted by Crippen LogP contribution is -2.33. The van der Waals surface area contributed by atoms with E-state index in [9.17, 15) is 20.0 Å². The van der Waals surface area contributed by atoms with Crippen LogP contribution < -0.4 is 10.6 Å². The second-order valence-corrected chi connectivity index (χ2v) is 6.34. The number of hydrogen-bond donors (Lipinski definition) is 4. The summed E-state index contributed by atoms with van der Waals surface area (Å²) in [5.41, 5.74) is 2.15. The summed E-state index contributed by atoms with van der Waals surface area (Å²) >= 11 is 0. The smallest absolute Gasteiger partial charge is 0.257 e. The van der Waals surface area contributed by atoms with Gasteiger partial charge in [-0.05, 0) is 17.7 Å². The van der Waals surface area contributed by atoms with Crippen molar-refractivity contribution in [1.29, 1.82) is 5.26 Å². The minimum atomic E-state index is -0.449. The monoisotopic (exact) mass is 466 g/mol. The van der Waals surface area contributed by atoms with Gasteiger partial charge in [0, 0.05) is 33.4 Å². The number of aliphatic hydroxyl groups excluding tert-OH is 1. The number of phenolic OH excluding ortho intramolecular Hbond substituents is 1. The Morgan fingerprint density at radius 1 is 1.26 bits per heavy atom. The van der Waals surface area contributed by atoms with Crippen LogP contribution in [0.3, 0.4) is 0 Å². The van der Waals surface area contributed by atoms with Crippen molar-refractivity contribution in [1.82, 2.24) is 10.2 Å². The molecule has 1 aliphatic carbocycles. The Bertz CT molecular complexity index is 996. The second kappa shape index (κ2) is 17.3. The molecule has 0 saturated heterocycles. The summed E-state index contributed by atoms with van der Waals surface area (Å²) in [4.78, 5) is 25.6. The van der Waals surface area contributed by atoms with Crippen LogP contribution in [0.2, 0.25) is 0 Å². The van der Waals surface area contributed by atoms with E-state index in [1.165, 1.54) is 17.0 Å². The third-order valence-corrected chi connectivity index (χ3v) is 4.15. The molecule has 0 aliphatic heterocycles. The summed E-state index contributed by atoms with van der Waals surface area (Å²) in [7, 11) is 4.09. The number of benzene rings is 1. The number of Topliss-reactive ketones (excluding diaryl/α,β-unsaturated/α-hetero) is 1. The fraction of sp³-hybridized carbons (Fsp3) is 0.269. The Morgan fingerprint density at radius 2 is 1.85 bits per heavy atom. The number of nitrogens with one attached hydrogen (secondary N) is 2. The molecule has 0 saturated carbocycles. The highest BCUT2D eigenvalue weighted by atomic mass is 16.3. The fourth-order valence-electron chi connectivity index (χ4n) is 2.59. The summed E-state index contributed by atoms with van der Waals surface area (Å²) in [6, 6.07) is 4.66. The molecule has 2 rings (SSSR count). The van der Waals surface area contributed by atoms with Crippen LogP contribution in [0.25, 0.3) is 0 Å². The molecule has 1 aliphatic rings. The highest BCUT2D eigenvalue weighted by Crippen LogP contribution is 2.33. The third kappa shape index (κ3) is 8.70. The number of aromatic hydroxyl groups is 1. The van der Waals surface area contributed by atoms with Crippen molar-refractivity contribution in [2.45, 2.75) is 20.3 Å². The Kier molecular flexibility index (Phi) is 16.2. The molecule has 0 radical (unpaired) electrons. The van der Waals surface area contributed by atoms with Gasteiger partial charge in [0.25, 0.3) is 5.91 Å². The van der Waals surface area contributed by atoms with Crippen molar-refractivity contribution in [3.8, 4) is 24.7 Å². The highest BCUT2D eigenvalue weighted by Gasteiger charge is 2.29. The summed E-state index contributed by atoms with van der Waals surface area (Å²) in [5, 5.41) is 32.7. The van der Waals surface area contributed by atoms with Gasteiger partial charge in [0.1, 0.15) is 5.70 Å². The standard InChI is InChI=1S/C21H22N4O3.C2H6.C2H2.CH4O/c1-5-7-13(6-2)12-23-16-10-18(26)19(16)24-17-9-14(11-22)8-15(20(17)27)21(28)25(3)4;3*1-2/h5-9,23-24,27H,1-2,10,12H2,3-4H3;1-2H3;1-2H;2H,1H3/b13-7+;;;. The molecule has 0 spiro atoms. The molecule has 0 heterocycles. The number of nitriles is 1. The topological polar surface area (TPSA) is 126 Å². The van der Waals surface area contributed by atoms with Crippen molar-refractivity contribution in [2.24, 2.45) is 0 Å². The van der Waals surface area contributed by atoms with Gasteiger partial charge in [0.15, 0.2) is 11.5 Å². The van der Waals surface area contributed by atoms with E-state index in [2.05, 4.69) is 36.6 Å². The summed E-state index contributed by atoms with van der Waals surface area (Å²) in [6.45, 7) is 11.8. The van der Waals surface area contributed by atoms with E-state index in [0.29, 0.717) is 12.2 Å². The van der Waals surface area contributed by atoms with E-state index >= 15 is 0 Å². The van der Waals surface area contributed by atoms with Gasteiger partial charge in [0.05, 0.1) is 29.3 Å². The number of hydrogen-bond acceptors (Lipinski definition) is 7. The lowest BCUT2D eigenvalue weighted by molar-refractivity contribution is -0.116. The Balaban J connectivity index is 0. The minimum Gasteiger partial charge on any atom is -0.505 e. The molecular formula is C26H34N4O4. The second-order valence-electron chi connectivity index (χ2n) is 6.34. The highest BCUT2D eigenvalue weighted by molar-refractivity contribution is 6.07. The molecule has 8 heteroatoms. The maximum absolute atomic E-state index is 12.3. The quantitative estimate of drug-likeness (QED) is 0.263. The first-order valence-electron chi connectivity index (χ1n) is 10.3. The van der Waals surface area contributed by atoms with Crippen LogP contribution in [0.4, 0.5) is 5.69 Å². The summed E-state index contributed by atoms with van der Waals surface area (Å²) in [6.07, 6.45) is 13.4. The number of phenols is 1. The third-order valence-electron chi connectivity index (χ3n) is 4.15. The summed E-state index contributed by atoms with van der Waals surface area (Å²) in [5.74, 6) is -0.907. The number of aliphatic hydroxyl groups is 1. The first-order valence-corrected chi connectivity index (χ1v) is 10.3. The van der Waals surface area contributed by atoms with Crippen LogP contribution in [0.15, 0.2) is 60.5 Å². The van der Waals surface area contributed by atoms with E-state index in [0.717, 1.165) is 12.7 Å². The molecule has 0 fully saturated rings. The number of ketones is 1. The van der Waals surface area contributed by atoms with Crippen molar-refractivity contribution in [3.05, 3.63) is 71.6 Å². The van der Waals surface area contributed by atoms with Gasteiger partial charge in [-0.15, -0.1) is 12.8 Å². The van der Waals surface area contributed by atoms with E-state index in [4.69, 9.17) is 5.11 Å². The normalized spacial score (nSPS) is 11.4. The zero-order valence-corrected chi connectivity index (χ0v) is 20.5. The number of amides is 1.